The topological polar surface area (TPSA) is 41.6 Å². The van der Waals surface area contributed by atoms with Gasteiger partial charge in [-0.3, -0.25) is 4.79 Å². The van der Waals surface area contributed by atoms with Crippen LogP contribution in [0.5, 0.6) is 5.75 Å². The normalized spacial score (nSPS) is 22.8. The Kier molecular flexibility index (Phi) is 4.00. The zero-order valence-corrected chi connectivity index (χ0v) is 15.0. The molecule has 2 aliphatic rings. The van der Waals surface area contributed by atoms with E-state index in [1.54, 1.807) is 7.11 Å². The molecule has 0 spiro atoms. The van der Waals surface area contributed by atoms with Crippen molar-refractivity contribution in [1.82, 2.24) is 10.2 Å². The van der Waals surface area contributed by atoms with E-state index in [4.69, 9.17) is 4.74 Å². The van der Waals surface area contributed by atoms with Crippen molar-refractivity contribution in [3.8, 4) is 16.9 Å². The Hall–Kier alpha value is -2.33. The zero-order valence-electron chi connectivity index (χ0n) is 15.0. The van der Waals surface area contributed by atoms with Gasteiger partial charge in [0.25, 0.3) is 5.91 Å². The average Bonchev–Trinajstić information content (AvgIpc) is 2.94. The molecule has 1 saturated heterocycles. The Morgan fingerprint density at radius 2 is 1.96 bits per heavy atom. The van der Waals surface area contributed by atoms with Crippen LogP contribution in [-0.4, -0.2) is 44.6 Å². The number of hydrogen-bond donors (Lipinski definition) is 1. The minimum absolute atomic E-state index is 0.0416. The minimum Gasteiger partial charge on any atom is -0.496 e. The third-order valence-corrected chi connectivity index (χ3v) is 5.51. The Morgan fingerprint density at radius 3 is 2.76 bits per heavy atom. The van der Waals surface area contributed by atoms with Crippen LogP contribution in [0.3, 0.4) is 0 Å². The fraction of sp³-hybridized carbons (Fsp3) is 0.381. The number of amides is 1. The van der Waals surface area contributed by atoms with Crippen LogP contribution in [0, 0.1) is 12.8 Å². The highest BCUT2D eigenvalue weighted by atomic mass is 16.5. The molecule has 1 fully saturated rings. The number of aryl methyl sites for hydroxylation is 1. The molecule has 0 aromatic heterocycles. The summed E-state index contributed by atoms with van der Waals surface area (Å²) in [6, 6.07) is 12.5. The molecule has 4 nitrogen and oxygen atoms in total. The summed E-state index contributed by atoms with van der Waals surface area (Å²) in [4.78, 5) is 15.0. The van der Waals surface area contributed by atoms with E-state index in [-0.39, 0.29) is 5.91 Å². The fourth-order valence-corrected chi connectivity index (χ4v) is 4.25. The molecule has 2 aliphatic heterocycles. The molecule has 2 aromatic carbocycles. The summed E-state index contributed by atoms with van der Waals surface area (Å²) >= 11 is 0. The van der Waals surface area contributed by atoms with Gasteiger partial charge >= 0.3 is 0 Å². The highest BCUT2D eigenvalue weighted by Gasteiger charge is 2.36. The predicted octanol–water partition coefficient (Wildman–Crippen LogP) is 3.06. The Labute approximate surface area is 148 Å². The lowest BCUT2D eigenvalue weighted by atomic mass is 9.86. The first-order valence-electron chi connectivity index (χ1n) is 8.82. The number of fused-ring (bicyclic) bond motifs is 3. The van der Waals surface area contributed by atoms with E-state index < -0.39 is 0 Å². The highest BCUT2D eigenvalue weighted by molar-refractivity contribution is 5.98. The molecule has 0 unspecified atom stereocenters. The fourth-order valence-electron chi connectivity index (χ4n) is 4.25. The van der Waals surface area contributed by atoms with Crippen molar-refractivity contribution in [2.24, 2.45) is 5.92 Å². The number of nitrogens with zero attached hydrogens (tertiary/aromatic N) is 1. The van der Waals surface area contributed by atoms with Crippen molar-refractivity contribution in [2.75, 3.05) is 33.8 Å². The summed E-state index contributed by atoms with van der Waals surface area (Å²) in [5.74, 6) is 1.80. The first-order valence-corrected chi connectivity index (χ1v) is 8.82. The van der Waals surface area contributed by atoms with Crippen LogP contribution in [0.4, 0.5) is 0 Å². The van der Waals surface area contributed by atoms with Gasteiger partial charge < -0.3 is 15.0 Å². The molecular weight excluding hydrogens is 312 g/mol. The van der Waals surface area contributed by atoms with Crippen LogP contribution >= 0.6 is 0 Å². The average molecular weight is 336 g/mol. The van der Waals surface area contributed by atoms with Gasteiger partial charge in [0.1, 0.15) is 5.75 Å². The van der Waals surface area contributed by atoms with Gasteiger partial charge in [-0.25, -0.2) is 0 Å². The number of likely N-dealkylation sites (tertiary alicyclic amines) is 1. The Morgan fingerprint density at radius 1 is 1.12 bits per heavy atom. The molecule has 4 heteroatoms. The van der Waals surface area contributed by atoms with Crippen molar-refractivity contribution in [1.29, 1.82) is 0 Å². The first-order chi connectivity index (χ1) is 12.1. The number of methoxy groups -OCH3 is 1. The van der Waals surface area contributed by atoms with Gasteiger partial charge in [0.2, 0.25) is 0 Å². The molecule has 1 N–H and O–H groups in total. The van der Waals surface area contributed by atoms with Crippen LogP contribution in [0.15, 0.2) is 36.4 Å². The Balaban J connectivity index is 1.81. The molecule has 2 aromatic rings. The van der Waals surface area contributed by atoms with Crippen LogP contribution in [0.25, 0.3) is 11.1 Å². The predicted molar refractivity (Wildman–Crippen MR) is 99.2 cm³/mol. The number of likely N-dealkylation sites (N-methyl/N-ethyl adjacent to an activating group) is 1. The molecule has 0 aliphatic carbocycles. The van der Waals surface area contributed by atoms with Gasteiger partial charge in [-0.2, -0.15) is 0 Å². The number of benzene rings is 2. The molecule has 2 heterocycles. The van der Waals surface area contributed by atoms with E-state index in [2.05, 4.69) is 41.5 Å². The molecule has 2 atom stereocenters. The summed E-state index contributed by atoms with van der Waals surface area (Å²) in [7, 11) is 3.84. The van der Waals surface area contributed by atoms with Gasteiger partial charge in [0.05, 0.1) is 7.11 Å². The van der Waals surface area contributed by atoms with E-state index >= 15 is 0 Å². The highest BCUT2D eigenvalue weighted by Crippen LogP contribution is 2.38. The monoisotopic (exact) mass is 336 g/mol. The van der Waals surface area contributed by atoms with Gasteiger partial charge in [0.15, 0.2) is 0 Å². The number of carbonyl (C=O) groups excluding carboxylic acids is 1. The molecule has 0 bridgehead atoms. The second kappa shape index (κ2) is 6.19. The van der Waals surface area contributed by atoms with Crippen molar-refractivity contribution in [2.45, 2.75) is 12.8 Å². The second-order valence-corrected chi connectivity index (χ2v) is 7.30. The van der Waals surface area contributed by atoms with Gasteiger partial charge in [-0.05, 0) is 48.7 Å². The molecule has 4 rings (SSSR count). The van der Waals surface area contributed by atoms with Gasteiger partial charge in [-0.15, -0.1) is 0 Å². The maximum atomic E-state index is 12.7. The van der Waals surface area contributed by atoms with Crippen molar-refractivity contribution in [3.63, 3.8) is 0 Å². The lowest BCUT2D eigenvalue weighted by molar-refractivity contribution is 0.0951. The number of hydrogen-bond acceptors (Lipinski definition) is 3. The SMILES string of the molecule is COc1cc(C)ccc1-c1ccc2c(c1)C(=O)NC[C@@H]1CN(C)C[C@@H]21. The third-order valence-electron chi connectivity index (χ3n) is 5.51. The van der Waals surface area contributed by atoms with Crippen molar-refractivity contribution < 1.29 is 9.53 Å². The maximum absolute atomic E-state index is 12.7. The van der Waals surface area contributed by atoms with E-state index in [1.165, 1.54) is 5.56 Å². The number of rotatable bonds is 2. The smallest absolute Gasteiger partial charge is 0.251 e. The van der Waals surface area contributed by atoms with Crippen LogP contribution in [-0.2, 0) is 0 Å². The number of ether oxygens (including phenoxy) is 1. The van der Waals surface area contributed by atoms with Gasteiger partial charge in [0, 0.05) is 36.7 Å². The van der Waals surface area contributed by atoms with Crippen molar-refractivity contribution >= 4 is 5.91 Å². The lowest BCUT2D eigenvalue weighted by Gasteiger charge is -2.17. The van der Waals surface area contributed by atoms with E-state index in [0.717, 1.165) is 47.6 Å². The molecule has 25 heavy (non-hydrogen) atoms. The van der Waals surface area contributed by atoms with E-state index in [9.17, 15) is 4.79 Å². The largest absolute Gasteiger partial charge is 0.496 e. The second-order valence-electron chi connectivity index (χ2n) is 7.30. The van der Waals surface area contributed by atoms with E-state index in [1.807, 2.05) is 19.1 Å². The summed E-state index contributed by atoms with van der Waals surface area (Å²) in [6.07, 6.45) is 0. The number of carbonyl (C=O) groups is 1. The zero-order chi connectivity index (χ0) is 17.6. The maximum Gasteiger partial charge on any atom is 0.251 e. The standard InChI is InChI=1S/C21H24N2O2/c1-13-4-6-16(20(8-13)25-3)14-5-7-17-18(9-14)21(24)22-10-15-11-23(2)12-19(15)17/h4-9,15,19H,10-12H2,1-3H3,(H,22,24)/t15-,19-/m1/s1. The quantitative estimate of drug-likeness (QED) is 0.916. The molecule has 1 amide bonds. The molecule has 0 radical (unpaired) electrons. The van der Waals surface area contributed by atoms with Crippen molar-refractivity contribution in [3.05, 3.63) is 53.1 Å². The third kappa shape index (κ3) is 2.81. The minimum atomic E-state index is 0.0416. The summed E-state index contributed by atoms with van der Waals surface area (Å²) in [5, 5.41) is 3.11. The summed E-state index contributed by atoms with van der Waals surface area (Å²) < 4.78 is 5.55. The molecule has 130 valence electrons. The lowest BCUT2D eigenvalue weighted by Crippen LogP contribution is -2.29. The summed E-state index contributed by atoms with van der Waals surface area (Å²) in [5.41, 5.74) is 5.19. The van der Waals surface area contributed by atoms with Crippen LogP contribution in [0.1, 0.15) is 27.4 Å². The summed E-state index contributed by atoms with van der Waals surface area (Å²) in [6.45, 7) is 4.86. The van der Waals surface area contributed by atoms with Crippen LogP contribution in [0.2, 0.25) is 0 Å². The molecule has 0 saturated carbocycles. The van der Waals surface area contributed by atoms with Gasteiger partial charge in [-0.1, -0.05) is 24.3 Å². The van der Waals surface area contributed by atoms with E-state index in [0.29, 0.717) is 11.8 Å². The first kappa shape index (κ1) is 16.2. The molecular formula is C21H24N2O2. The Bertz CT molecular complexity index is 831. The van der Waals surface area contributed by atoms with Crippen LogP contribution < -0.4 is 10.1 Å². The number of nitrogens with one attached hydrogen (secondary N) is 1.